The SMILES string of the molecule is Cc1cc(Cc2cccc(F)c2)cc([C@@H]2CCCN(C(=O)c3c(C(C)C)noc3C)C2)n1. The van der Waals surface area contributed by atoms with Crippen molar-refractivity contribution < 1.29 is 13.7 Å². The minimum absolute atomic E-state index is 0.00946. The Labute approximate surface area is 188 Å². The Kier molecular flexibility index (Phi) is 6.40. The first-order valence-electron chi connectivity index (χ1n) is 11.3. The highest BCUT2D eigenvalue weighted by Gasteiger charge is 2.31. The molecule has 0 aliphatic carbocycles. The molecule has 3 aromatic rings. The summed E-state index contributed by atoms with van der Waals surface area (Å²) in [4.78, 5) is 20.1. The fourth-order valence-electron chi connectivity index (χ4n) is 4.57. The third-order valence-corrected chi connectivity index (χ3v) is 6.11. The van der Waals surface area contributed by atoms with E-state index in [-0.39, 0.29) is 23.6 Å². The van der Waals surface area contributed by atoms with Crippen LogP contribution in [-0.2, 0) is 6.42 Å². The average Bonchev–Trinajstić information content (AvgIpc) is 3.14. The molecule has 0 spiro atoms. The second-order valence-corrected chi connectivity index (χ2v) is 9.09. The Morgan fingerprint density at radius 1 is 1.22 bits per heavy atom. The summed E-state index contributed by atoms with van der Waals surface area (Å²) in [5.41, 5.74) is 5.31. The molecular formula is C26H30FN3O2. The Morgan fingerprint density at radius 3 is 2.78 bits per heavy atom. The van der Waals surface area contributed by atoms with E-state index in [9.17, 15) is 9.18 Å². The Morgan fingerprint density at radius 2 is 2.03 bits per heavy atom. The molecule has 1 atom stereocenters. The Balaban J connectivity index is 1.55. The van der Waals surface area contributed by atoms with Crippen molar-refractivity contribution in [2.24, 2.45) is 0 Å². The number of halogens is 1. The van der Waals surface area contributed by atoms with Gasteiger partial charge in [-0.05, 0) is 74.4 Å². The number of nitrogens with zero attached hydrogens (tertiary/aromatic N) is 3. The van der Waals surface area contributed by atoms with Crippen molar-refractivity contribution in [3.63, 3.8) is 0 Å². The van der Waals surface area contributed by atoms with Crippen LogP contribution in [0.5, 0.6) is 0 Å². The van der Waals surface area contributed by atoms with Gasteiger partial charge in [0.2, 0.25) is 0 Å². The molecule has 1 saturated heterocycles. The van der Waals surface area contributed by atoms with Gasteiger partial charge in [-0.1, -0.05) is 31.1 Å². The van der Waals surface area contributed by atoms with Crippen molar-refractivity contribution in [3.05, 3.63) is 81.7 Å². The number of hydrogen-bond acceptors (Lipinski definition) is 4. The zero-order valence-electron chi connectivity index (χ0n) is 19.2. The third-order valence-electron chi connectivity index (χ3n) is 6.11. The zero-order valence-corrected chi connectivity index (χ0v) is 19.2. The van der Waals surface area contributed by atoms with Crippen LogP contribution in [0.15, 0.2) is 40.9 Å². The van der Waals surface area contributed by atoms with Crippen LogP contribution >= 0.6 is 0 Å². The average molecular weight is 436 g/mol. The van der Waals surface area contributed by atoms with Gasteiger partial charge in [0.05, 0.1) is 5.69 Å². The largest absolute Gasteiger partial charge is 0.361 e. The highest BCUT2D eigenvalue weighted by atomic mass is 19.1. The van der Waals surface area contributed by atoms with Gasteiger partial charge in [-0.2, -0.15) is 0 Å². The van der Waals surface area contributed by atoms with Crippen molar-refractivity contribution in [2.75, 3.05) is 13.1 Å². The van der Waals surface area contributed by atoms with Gasteiger partial charge in [0.1, 0.15) is 17.1 Å². The van der Waals surface area contributed by atoms with E-state index in [4.69, 9.17) is 9.51 Å². The molecule has 0 radical (unpaired) electrons. The number of carbonyl (C=O) groups is 1. The fraction of sp³-hybridized carbons (Fsp3) is 0.423. The van der Waals surface area contributed by atoms with E-state index >= 15 is 0 Å². The highest BCUT2D eigenvalue weighted by Crippen LogP contribution is 2.30. The van der Waals surface area contributed by atoms with Gasteiger partial charge >= 0.3 is 0 Å². The number of aromatic nitrogens is 2. The van der Waals surface area contributed by atoms with E-state index < -0.39 is 0 Å². The number of aryl methyl sites for hydroxylation is 2. The summed E-state index contributed by atoms with van der Waals surface area (Å²) in [6.45, 7) is 9.16. The van der Waals surface area contributed by atoms with Crippen molar-refractivity contribution in [3.8, 4) is 0 Å². The molecule has 0 unspecified atom stereocenters. The van der Waals surface area contributed by atoms with Crippen LogP contribution in [0.1, 0.15) is 82.9 Å². The molecule has 1 aliphatic rings. The molecule has 3 heterocycles. The predicted octanol–water partition coefficient (Wildman–Crippen LogP) is 5.56. The molecule has 32 heavy (non-hydrogen) atoms. The second-order valence-electron chi connectivity index (χ2n) is 9.09. The van der Waals surface area contributed by atoms with Crippen LogP contribution in [0.3, 0.4) is 0 Å². The van der Waals surface area contributed by atoms with E-state index in [1.54, 1.807) is 19.1 Å². The van der Waals surface area contributed by atoms with Crippen molar-refractivity contribution in [1.82, 2.24) is 15.0 Å². The van der Waals surface area contributed by atoms with Crippen LogP contribution in [0.2, 0.25) is 0 Å². The molecule has 0 bridgehead atoms. The Bertz CT molecular complexity index is 1120. The number of benzene rings is 1. The molecular weight excluding hydrogens is 405 g/mol. The number of likely N-dealkylation sites (tertiary alicyclic amines) is 1. The van der Waals surface area contributed by atoms with Crippen LogP contribution in [0.4, 0.5) is 4.39 Å². The lowest BCUT2D eigenvalue weighted by atomic mass is 9.91. The van der Waals surface area contributed by atoms with E-state index in [1.165, 1.54) is 6.07 Å². The third kappa shape index (κ3) is 4.74. The first-order chi connectivity index (χ1) is 15.3. The normalized spacial score (nSPS) is 16.6. The summed E-state index contributed by atoms with van der Waals surface area (Å²) in [6.07, 6.45) is 2.56. The topological polar surface area (TPSA) is 59.2 Å². The van der Waals surface area contributed by atoms with Crippen LogP contribution in [-0.4, -0.2) is 34.0 Å². The van der Waals surface area contributed by atoms with E-state index in [0.717, 1.165) is 47.6 Å². The summed E-state index contributed by atoms with van der Waals surface area (Å²) < 4.78 is 18.9. The quantitative estimate of drug-likeness (QED) is 0.526. The van der Waals surface area contributed by atoms with Crippen LogP contribution < -0.4 is 0 Å². The predicted molar refractivity (Wildman–Crippen MR) is 121 cm³/mol. The van der Waals surface area contributed by atoms with Crippen molar-refractivity contribution in [1.29, 1.82) is 0 Å². The van der Waals surface area contributed by atoms with Crippen molar-refractivity contribution in [2.45, 2.75) is 58.8 Å². The summed E-state index contributed by atoms with van der Waals surface area (Å²) in [7, 11) is 0. The van der Waals surface area contributed by atoms with E-state index in [0.29, 0.717) is 24.3 Å². The number of piperidine rings is 1. The summed E-state index contributed by atoms with van der Waals surface area (Å²) in [5, 5.41) is 4.12. The molecule has 5 nitrogen and oxygen atoms in total. The first kappa shape index (κ1) is 22.2. The number of carbonyl (C=O) groups excluding carboxylic acids is 1. The lowest BCUT2D eigenvalue weighted by Gasteiger charge is -2.33. The van der Waals surface area contributed by atoms with Gasteiger partial charge in [0, 0.05) is 30.4 Å². The molecule has 1 amide bonds. The maximum Gasteiger partial charge on any atom is 0.259 e. The molecule has 0 N–H and O–H groups in total. The lowest BCUT2D eigenvalue weighted by molar-refractivity contribution is 0.0702. The summed E-state index contributed by atoms with van der Waals surface area (Å²) in [5.74, 6) is 0.633. The van der Waals surface area contributed by atoms with Gasteiger partial charge in [-0.15, -0.1) is 0 Å². The molecule has 0 saturated carbocycles. The number of rotatable bonds is 5. The first-order valence-corrected chi connectivity index (χ1v) is 11.3. The molecule has 1 aromatic carbocycles. The molecule has 6 heteroatoms. The standard InChI is InChI=1S/C26H30FN3O2/c1-16(2)25-24(18(4)32-29-25)26(31)30-10-6-8-21(15-30)23-14-20(11-17(3)28-23)12-19-7-5-9-22(27)13-19/h5,7,9,11,13-14,16,21H,6,8,10,12,15H2,1-4H3/t21-/m1/s1. The van der Waals surface area contributed by atoms with Crippen LogP contribution in [0.25, 0.3) is 0 Å². The van der Waals surface area contributed by atoms with Gasteiger partial charge in [-0.25, -0.2) is 4.39 Å². The lowest BCUT2D eigenvalue weighted by Crippen LogP contribution is -2.40. The number of hydrogen-bond donors (Lipinski definition) is 0. The van der Waals surface area contributed by atoms with Crippen LogP contribution in [0, 0.1) is 19.7 Å². The van der Waals surface area contributed by atoms with Gasteiger partial charge < -0.3 is 9.42 Å². The summed E-state index contributed by atoms with van der Waals surface area (Å²) >= 11 is 0. The van der Waals surface area contributed by atoms with Gasteiger partial charge in [0.25, 0.3) is 5.91 Å². The summed E-state index contributed by atoms with van der Waals surface area (Å²) in [6, 6.07) is 10.9. The molecule has 1 aliphatic heterocycles. The smallest absolute Gasteiger partial charge is 0.259 e. The number of pyridine rings is 1. The maximum absolute atomic E-state index is 13.6. The maximum atomic E-state index is 13.6. The minimum Gasteiger partial charge on any atom is -0.361 e. The minimum atomic E-state index is -0.222. The number of amides is 1. The molecule has 1 fully saturated rings. The van der Waals surface area contributed by atoms with Crippen molar-refractivity contribution >= 4 is 5.91 Å². The zero-order chi connectivity index (χ0) is 22.8. The monoisotopic (exact) mass is 435 g/mol. The highest BCUT2D eigenvalue weighted by molar-refractivity contribution is 5.96. The second kappa shape index (κ2) is 9.23. The van der Waals surface area contributed by atoms with Gasteiger partial charge in [-0.3, -0.25) is 9.78 Å². The fourth-order valence-corrected chi connectivity index (χ4v) is 4.57. The van der Waals surface area contributed by atoms with E-state index in [1.807, 2.05) is 31.7 Å². The molecule has 4 rings (SSSR count). The van der Waals surface area contributed by atoms with E-state index in [2.05, 4.69) is 17.3 Å². The molecule has 168 valence electrons. The van der Waals surface area contributed by atoms with Gasteiger partial charge in [0.15, 0.2) is 0 Å². The Hall–Kier alpha value is -3.02. The molecule has 2 aromatic heterocycles.